The molecule has 124 valence electrons. The van der Waals surface area contributed by atoms with E-state index < -0.39 is 0 Å². The van der Waals surface area contributed by atoms with E-state index in [1.807, 2.05) is 30.3 Å². The first kappa shape index (κ1) is 15.3. The van der Waals surface area contributed by atoms with Crippen LogP contribution in [0.15, 0.2) is 65.2 Å². The summed E-state index contributed by atoms with van der Waals surface area (Å²) in [6.45, 7) is 0. The van der Waals surface area contributed by atoms with E-state index >= 15 is 0 Å². The average Bonchev–Trinajstić information content (AvgIpc) is 3.38. The van der Waals surface area contributed by atoms with Crippen LogP contribution < -0.4 is 5.32 Å². The van der Waals surface area contributed by atoms with Crippen LogP contribution in [-0.4, -0.2) is 16.8 Å². The Kier molecular flexibility index (Phi) is 3.90. The topological polar surface area (TPSA) is 72.2 Å². The first-order valence-corrected chi connectivity index (χ1v) is 8.18. The zero-order chi connectivity index (χ0) is 17.2. The number of aromatic nitrogens is 1. The molecule has 0 radical (unpaired) electrons. The fraction of sp³-hybridized carbons (Fsp3) is 0.150. The number of hydrogen-bond donors (Lipinski definition) is 1. The maximum absolute atomic E-state index is 12.3. The fourth-order valence-corrected chi connectivity index (χ4v) is 2.61. The molecule has 0 atom stereocenters. The van der Waals surface area contributed by atoms with Crippen molar-refractivity contribution >= 4 is 17.4 Å². The molecule has 0 saturated heterocycles. The van der Waals surface area contributed by atoms with E-state index in [1.54, 1.807) is 30.3 Å². The first-order valence-electron chi connectivity index (χ1n) is 8.18. The largest absolute Gasteiger partial charge is 0.355 e. The third-order valence-corrected chi connectivity index (χ3v) is 4.18. The summed E-state index contributed by atoms with van der Waals surface area (Å²) in [4.78, 5) is 24.3. The number of anilines is 1. The van der Waals surface area contributed by atoms with Gasteiger partial charge < -0.3 is 9.84 Å². The number of rotatable bonds is 5. The Balaban J connectivity index is 1.45. The molecule has 1 fully saturated rings. The van der Waals surface area contributed by atoms with Crippen molar-refractivity contribution in [3.05, 3.63) is 71.9 Å². The Hall–Kier alpha value is -3.21. The van der Waals surface area contributed by atoms with Crippen LogP contribution in [0, 0.1) is 5.92 Å². The quantitative estimate of drug-likeness (QED) is 0.711. The molecule has 5 nitrogen and oxygen atoms in total. The van der Waals surface area contributed by atoms with Crippen molar-refractivity contribution in [3.63, 3.8) is 0 Å². The van der Waals surface area contributed by atoms with Crippen LogP contribution >= 0.6 is 0 Å². The standard InChI is InChI=1S/C20H16N2O3/c23-19(14-6-7-14)15-8-10-16(11-9-15)21-20(24)17-12-18(25-22-17)13-4-2-1-3-5-13/h1-5,8-12,14H,6-7H2,(H,21,24). The second-order valence-corrected chi connectivity index (χ2v) is 6.11. The van der Waals surface area contributed by atoms with Gasteiger partial charge in [-0.2, -0.15) is 0 Å². The number of carbonyl (C=O) groups excluding carboxylic acids is 2. The summed E-state index contributed by atoms with van der Waals surface area (Å²) in [7, 11) is 0. The van der Waals surface area contributed by atoms with E-state index in [0.29, 0.717) is 17.0 Å². The van der Waals surface area contributed by atoms with Crippen LogP contribution in [0.5, 0.6) is 0 Å². The molecular weight excluding hydrogens is 316 g/mol. The zero-order valence-electron chi connectivity index (χ0n) is 13.4. The molecule has 4 rings (SSSR count). The van der Waals surface area contributed by atoms with E-state index in [9.17, 15) is 9.59 Å². The van der Waals surface area contributed by atoms with Crippen molar-refractivity contribution in [1.82, 2.24) is 5.16 Å². The highest BCUT2D eigenvalue weighted by Gasteiger charge is 2.30. The van der Waals surface area contributed by atoms with Gasteiger partial charge >= 0.3 is 0 Å². The number of nitrogens with one attached hydrogen (secondary N) is 1. The van der Waals surface area contributed by atoms with Gasteiger partial charge in [0.15, 0.2) is 17.2 Å². The maximum Gasteiger partial charge on any atom is 0.277 e. The zero-order valence-corrected chi connectivity index (χ0v) is 13.4. The van der Waals surface area contributed by atoms with Crippen LogP contribution in [0.1, 0.15) is 33.7 Å². The summed E-state index contributed by atoms with van der Waals surface area (Å²) in [6.07, 6.45) is 1.96. The molecule has 0 bridgehead atoms. The molecule has 1 amide bonds. The predicted molar refractivity (Wildman–Crippen MR) is 93.4 cm³/mol. The lowest BCUT2D eigenvalue weighted by Crippen LogP contribution is -2.12. The molecular formula is C20H16N2O3. The summed E-state index contributed by atoms with van der Waals surface area (Å²) in [5, 5.41) is 6.59. The Morgan fingerprint density at radius 1 is 1.00 bits per heavy atom. The number of amides is 1. The van der Waals surface area contributed by atoms with E-state index in [2.05, 4.69) is 10.5 Å². The van der Waals surface area contributed by atoms with Crippen LogP contribution in [0.4, 0.5) is 5.69 Å². The van der Waals surface area contributed by atoms with Crippen molar-refractivity contribution in [2.75, 3.05) is 5.32 Å². The molecule has 1 N–H and O–H groups in total. The predicted octanol–water partition coefficient (Wildman–Crippen LogP) is 4.19. The number of nitrogens with zero attached hydrogens (tertiary/aromatic N) is 1. The summed E-state index contributed by atoms with van der Waals surface area (Å²) in [6, 6.07) is 18.0. The molecule has 1 heterocycles. The first-order chi connectivity index (χ1) is 12.2. The second-order valence-electron chi connectivity index (χ2n) is 6.11. The van der Waals surface area contributed by atoms with Crippen LogP contribution in [0.2, 0.25) is 0 Å². The Labute approximate surface area is 144 Å². The van der Waals surface area contributed by atoms with Crippen LogP contribution in [0.25, 0.3) is 11.3 Å². The smallest absolute Gasteiger partial charge is 0.277 e. The minimum absolute atomic E-state index is 0.182. The minimum atomic E-state index is -0.354. The molecule has 1 aliphatic rings. The van der Waals surface area contributed by atoms with Gasteiger partial charge in [0, 0.05) is 28.8 Å². The van der Waals surface area contributed by atoms with Crippen molar-refractivity contribution < 1.29 is 14.1 Å². The van der Waals surface area contributed by atoms with Gasteiger partial charge in [-0.3, -0.25) is 9.59 Å². The summed E-state index contributed by atoms with van der Waals surface area (Å²) in [5.74, 6) is 0.553. The molecule has 2 aromatic carbocycles. The van der Waals surface area contributed by atoms with E-state index in [-0.39, 0.29) is 23.3 Å². The van der Waals surface area contributed by atoms with Gasteiger partial charge in [-0.1, -0.05) is 35.5 Å². The van der Waals surface area contributed by atoms with Crippen LogP contribution in [0.3, 0.4) is 0 Å². The highest BCUT2D eigenvalue weighted by Crippen LogP contribution is 2.32. The maximum atomic E-state index is 12.3. The molecule has 5 heteroatoms. The van der Waals surface area contributed by atoms with Crippen LogP contribution in [-0.2, 0) is 0 Å². The third-order valence-electron chi connectivity index (χ3n) is 4.18. The Morgan fingerprint density at radius 2 is 1.72 bits per heavy atom. The highest BCUT2D eigenvalue weighted by molar-refractivity contribution is 6.04. The fourth-order valence-electron chi connectivity index (χ4n) is 2.61. The monoisotopic (exact) mass is 332 g/mol. The highest BCUT2D eigenvalue weighted by atomic mass is 16.5. The number of carbonyl (C=O) groups is 2. The van der Waals surface area contributed by atoms with E-state index in [0.717, 1.165) is 18.4 Å². The van der Waals surface area contributed by atoms with Gasteiger partial charge in [0.1, 0.15) is 0 Å². The lowest BCUT2D eigenvalue weighted by molar-refractivity contribution is 0.0966. The summed E-state index contributed by atoms with van der Waals surface area (Å²) in [5.41, 5.74) is 2.36. The molecule has 0 aliphatic heterocycles. The molecule has 25 heavy (non-hydrogen) atoms. The average molecular weight is 332 g/mol. The van der Waals surface area contributed by atoms with Gasteiger partial charge in [0.2, 0.25) is 0 Å². The molecule has 1 saturated carbocycles. The molecule has 0 spiro atoms. The molecule has 1 aliphatic carbocycles. The number of ketones is 1. The number of Topliss-reactive ketones (excluding diaryl/α,β-unsaturated/α-hetero) is 1. The Morgan fingerprint density at radius 3 is 2.40 bits per heavy atom. The van der Waals surface area contributed by atoms with E-state index in [1.165, 1.54) is 0 Å². The normalized spacial score (nSPS) is 13.4. The van der Waals surface area contributed by atoms with Gasteiger partial charge in [-0.15, -0.1) is 0 Å². The second kappa shape index (κ2) is 6.36. The van der Waals surface area contributed by atoms with Gasteiger partial charge in [-0.05, 0) is 37.1 Å². The van der Waals surface area contributed by atoms with Crippen molar-refractivity contribution in [3.8, 4) is 11.3 Å². The Bertz CT molecular complexity index is 910. The lowest BCUT2D eigenvalue weighted by atomic mass is 10.1. The number of hydrogen-bond acceptors (Lipinski definition) is 4. The van der Waals surface area contributed by atoms with Gasteiger partial charge in [-0.25, -0.2) is 0 Å². The summed E-state index contributed by atoms with van der Waals surface area (Å²) < 4.78 is 5.24. The van der Waals surface area contributed by atoms with Gasteiger partial charge in [0.05, 0.1) is 0 Å². The third kappa shape index (κ3) is 3.35. The van der Waals surface area contributed by atoms with E-state index in [4.69, 9.17) is 4.52 Å². The number of benzene rings is 2. The SMILES string of the molecule is O=C(Nc1ccc(C(=O)C2CC2)cc1)c1cc(-c2ccccc2)on1. The van der Waals surface area contributed by atoms with Crippen molar-refractivity contribution in [2.24, 2.45) is 5.92 Å². The van der Waals surface area contributed by atoms with Gasteiger partial charge in [0.25, 0.3) is 5.91 Å². The van der Waals surface area contributed by atoms with Crippen molar-refractivity contribution in [1.29, 1.82) is 0 Å². The molecule has 1 aromatic heterocycles. The molecule has 3 aromatic rings. The van der Waals surface area contributed by atoms with Crippen molar-refractivity contribution in [2.45, 2.75) is 12.8 Å². The minimum Gasteiger partial charge on any atom is -0.355 e. The lowest BCUT2D eigenvalue weighted by Gasteiger charge is -2.04. The summed E-state index contributed by atoms with van der Waals surface area (Å²) >= 11 is 0. The molecule has 0 unspecified atom stereocenters.